The topological polar surface area (TPSA) is 50.7 Å². The maximum absolute atomic E-state index is 11.8. The summed E-state index contributed by atoms with van der Waals surface area (Å²) in [5.41, 5.74) is 5.75. The van der Waals surface area contributed by atoms with Crippen molar-refractivity contribution in [3.63, 3.8) is 0 Å². The van der Waals surface area contributed by atoms with E-state index in [1.807, 2.05) is 69.3 Å². The van der Waals surface area contributed by atoms with Crippen LogP contribution in [0.15, 0.2) is 53.6 Å². The zero-order valence-corrected chi connectivity index (χ0v) is 13.7. The van der Waals surface area contributed by atoms with Gasteiger partial charge in [-0.15, -0.1) is 0 Å². The van der Waals surface area contributed by atoms with E-state index < -0.39 is 0 Å². The molecule has 0 radical (unpaired) electrons. The molecular formula is C19H22N2O2. The molecule has 0 aliphatic heterocycles. The highest BCUT2D eigenvalue weighted by Gasteiger charge is 2.05. The predicted octanol–water partition coefficient (Wildman–Crippen LogP) is 3.59. The molecule has 0 aliphatic carbocycles. The van der Waals surface area contributed by atoms with Gasteiger partial charge >= 0.3 is 0 Å². The average Bonchev–Trinajstić information content (AvgIpc) is 2.56. The van der Waals surface area contributed by atoms with Crippen molar-refractivity contribution in [2.75, 3.05) is 6.61 Å². The Bertz CT molecular complexity index is 681. The lowest BCUT2D eigenvalue weighted by atomic mass is 10.0. The lowest BCUT2D eigenvalue weighted by molar-refractivity contribution is -0.123. The van der Waals surface area contributed by atoms with Crippen molar-refractivity contribution in [2.45, 2.75) is 26.7 Å². The number of hydrogen-bond acceptors (Lipinski definition) is 3. The Morgan fingerprint density at radius 1 is 1.22 bits per heavy atom. The molecule has 0 aromatic heterocycles. The summed E-state index contributed by atoms with van der Waals surface area (Å²) in [5.74, 6) is 0.584. The highest BCUT2D eigenvalue weighted by Crippen LogP contribution is 2.18. The number of carbonyl (C=O) groups excluding carboxylic acids is 1. The Labute approximate surface area is 137 Å². The van der Waals surface area contributed by atoms with E-state index in [1.165, 1.54) is 0 Å². The molecule has 1 N–H and O–H groups in total. The summed E-state index contributed by atoms with van der Waals surface area (Å²) in [6.45, 7) is 5.91. The van der Waals surface area contributed by atoms with Crippen molar-refractivity contribution in [1.29, 1.82) is 0 Å². The molecule has 0 saturated heterocycles. The molecule has 1 atom stereocenters. The first-order chi connectivity index (χ1) is 11.1. The number of nitrogens with one attached hydrogen (secondary N) is 1. The van der Waals surface area contributed by atoms with Gasteiger partial charge in [0, 0.05) is 12.1 Å². The van der Waals surface area contributed by atoms with Crippen molar-refractivity contribution in [2.24, 2.45) is 5.10 Å². The maximum atomic E-state index is 11.8. The Kier molecular flexibility index (Phi) is 5.92. The molecule has 0 unspecified atom stereocenters. The van der Waals surface area contributed by atoms with Crippen LogP contribution in [0.4, 0.5) is 0 Å². The Hall–Kier alpha value is -2.62. The number of ether oxygens (including phenoxy) is 1. The quantitative estimate of drug-likeness (QED) is 0.655. The van der Waals surface area contributed by atoms with Crippen LogP contribution >= 0.6 is 0 Å². The molecule has 1 amide bonds. The van der Waals surface area contributed by atoms with Gasteiger partial charge in [-0.3, -0.25) is 4.79 Å². The van der Waals surface area contributed by atoms with Crippen LogP contribution < -0.4 is 10.2 Å². The van der Waals surface area contributed by atoms with Crippen LogP contribution in [0.2, 0.25) is 0 Å². The molecule has 4 heteroatoms. The van der Waals surface area contributed by atoms with E-state index in [1.54, 1.807) is 6.21 Å². The molecule has 0 heterocycles. The zero-order valence-electron chi connectivity index (χ0n) is 13.7. The van der Waals surface area contributed by atoms with Gasteiger partial charge in [-0.05, 0) is 36.6 Å². The molecule has 2 aromatic rings. The largest absolute Gasteiger partial charge is 0.483 e. The van der Waals surface area contributed by atoms with Gasteiger partial charge in [-0.2, -0.15) is 5.10 Å². The van der Waals surface area contributed by atoms with Gasteiger partial charge in [0.05, 0.1) is 0 Å². The fraction of sp³-hybridized carbons (Fsp3) is 0.263. The second-order valence-corrected chi connectivity index (χ2v) is 5.57. The van der Waals surface area contributed by atoms with E-state index in [0.717, 1.165) is 22.4 Å². The zero-order chi connectivity index (χ0) is 16.7. The first-order valence-corrected chi connectivity index (χ1v) is 7.63. The number of aryl methyl sites for hydroxylation is 2. The summed E-state index contributed by atoms with van der Waals surface area (Å²) in [6.07, 6.45) is 1.71. The van der Waals surface area contributed by atoms with Crippen LogP contribution in [0.3, 0.4) is 0 Å². The van der Waals surface area contributed by atoms with Crippen molar-refractivity contribution < 1.29 is 9.53 Å². The molecule has 0 bridgehead atoms. The first-order valence-electron chi connectivity index (χ1n) is 7.63. The van der Waals surface area contributed by atoms with Crippen LogP contribution in [0.5, 0.6) is 5.75 Å². The number of nitrogens with zero attached hydrogens (tertiary/aromatic N) is 1. The molecule has 0 aliphatic rings. The molecule has 23 heavy (non-hydrogen) atoms. The Morgan fingerprint density at radius 2 is 1.96 bits per heavy atom. The molecule has 0 spiro atoms. The van der Waals surface area contributed by atoms with Crippen molar-refractivity contribution in [3.05, 3.63) is 65.2 Å². The van der Waals surface area contributed by atoms with Gasteiger partial charge in [0.25, 0.3) is 5.91 Å². The van der Waals surface area contributed by atoms with Crippen molar-refractivity contribution in [3.8, 4) is 5.75 Å². The number of hydrogen-bond donors (Lipinski definition) is 1. The number of carbonyl (C=O) groups is 1. The minimum atomic E-state index is -0.276. The average molecular weight is 310 g/mol. The summed E-state index contributed by atoms with van der Waals surface area (Å²) >= 11 is 0. The summed E-state index contributed by atoms with van der Waals surface area (Å²) < 4.78 is 5.54. The van der Waals surface area contributed by atoms with Crippen LogP contribution in [0.25, 0.3) is 0 Å². The van der Waals surface area contributed by atoms with Crippen LogP contribution in [-0.2, 0) is 4.79 Å². The summed E-state index contributed by atoms with van der Waals surface area (Å²) in [7, 11) is 0. The Morgan fingerprint density at radius 3 is 2.70 bits per heavy atom. The molecule has 2 aromatic carbocycles. The molecule has 4 nitrogen and oxygen atoms in total. The predicted molar refractivity (Wildman–Crippen MR) is 92.9 cm³/mol. The van der Waals surface area contributed by atoms with Crippen molar-refractivity contribution in [1.82, 2.24) is 5.43 Å². The second-order valence-electron chi connectivity index (χ2n) is 5.57. The van der Waals surface area contributed by atoms with Gasteiger partial charge in [0.1, 0.15) is 5.75 Å². The van der Waals surface area contributed by atoms with Crippen molar-refractivity contribution >= 4 is 12.1 Å². The van der Waals surface area contributed by atoms with E-state index in [4.69, 9.17) is 4.74 Å². The molecule has 120 valence electrons. The number of amides is 1. The minimum Gasteiger partial charge on any atom is -0.483 e. The fourth-order valence-electron chi connectivity index (χ4n) is 2.10. The number of hydrazone groups is 1. The highest BCUT2D eigenvalue weighted by molar-refractivity contribution is 5.79. The second kappa shape index (κ2) is 8.13. The van der Waals surface area contributed by atoms with E-state index in [9.17, 15) is 4.79 Å². The van der Waals surface area contributed by atoms with Crippen LogP contribution in [-0.4, -0.2) is 18.7 Å². The van der Waals surface area contributed by atoms with Gasteiger partial charge in [0.15, 0.2) is 6.61 Å². The third-order valence-electron chi connectivity index (χ3n) is 3.52. The van der Waals surface area contributed by atoms with E-state index in [-0.39, 0.29) is 18.4 Å². The lowest BCUT2D eigenvalue weighted by Gasteiger charge is -2.09. The van der Waals surface area contributed by atoms with Crippen LogP contribution in [0.1, 0.15) is 29.5 Å². The maximum Gasteiger partial charge on any atom is 0.277 e. The molecular weight excluding hydrogens is 288 g/mol. The normalized spacial score (nSPS) is 12.1. The summed E-state index contributed by atoms with van der Waals surface area (Å²) in [5, 5.41) is 4.00. The number of benzene rings is 2. The SMILES string of the molecule is Cc1ccc(C)c(OCC(=O)N/N=C\[C@@H](C)c2ccccc2)c1. The standard InChI is InChI=1S/C19H22N2O2/c1-14-9-10-15(2)18(11-14)23-13-19(22)21-20-12-16(3)17-7-5-4-6-8-17/h4-12,16H,13H2,1-3H3,(H,21,22)/b20-12-/t16-/m1/s1. The van der Waals surface area contributed by atoms with E-state index >= 15 is 0 Å². The fourth-order valence-corrected chi connectivity index (χ4v) is 2.10. The summed E-state index contributed by atoms with van der Waals surface area (Å²) in [6, 6.07) is 15.9. The van der Waals surface area contributed by atoms with E-state index in [2.05, 4.69) is 10.5 Å². The smallest absolute Gasteiger partial charge is 0.277 e. The van der Waals surface area contributed by atoms with Gasteiger partial charge in [-0.25, -0.2) is 5.43 Å². The summed E-state index contributed by atoms with van der Waals surface area (Å²) in [4.78, 5) is 11.8. The molecule has 0 saturated carbocycles. The minimum absolute atomic E-state index is 0.0542. The number of rotatable bonds is 6. The van der Waals surface area contributed by atoms with Crippen LogP contribution in [0, 0.1) is 13.8 Å². The van der Waals surface area contributed by atoms with Gasteiger partial charge < -0.3 is 4.74 Å². The monoisotopic (exact) mass is 310 g/mol. The third kappa shape index (κ3) is 5.25. The highest BCUT2D eigenvalue weighted by atomic mass is 16.5. The van der Waals surface area contributed by atoms with E-state index in [0.29, 0.717) is 0 Å². The van der Waals surface area contributed by atoms with Gasteiger partial charge in [-0.1, -0.05) is 49.4 Å². The Balaban J connectivity index is 1.81. The molecule has 0 fully saturated rings. The van der Waals surface area contributed by atoms with Gasteiger partial charge in [0.2, 0.25) is 0 Å². The molecule has 2 rings (SSSR count). The first kappa shape index (κ1) is 16.7. The third-order valence-corrected chi connectivity index (χ3v) is 3.52. The lowest BCUT2D eigenvalue weighted by Crippen LogP contribution is -2.25.